The summed E-state index contributed by atoms with van der Waals surface area (Å²) >= 11 is 0. The molecule has 4 N–H and O–H groups in total. The molecule has 5 atom stereocenters. The van der Waals surface area contributed by atoms with Crippen LogP contribution in [0.15, 0.2) is 60.7 Å². The van der Waals surface area contributed by atoms with E-state index in [0.717, 1.165) is 43.4 Å². The van der Waals surface area contributed by atoms with Gasteiger partial charge in [-0.2, -0.15) is 0 Å². The maximum Gasteiger partial charge on any atom is 0.243 e. The fourth-order valence-electron chi connectivity index (χ4n) is 6.99. The summed E-state index contributed by atoms with van der Waals surface area (Å²) in [6.07, 6.45) is 9.70. The number of hydrogen-bond donors (Lipinski definition) is 4. The lowest BCUT2D eigenvalue weighted by molar-refractivity contribution is -0.135. The van der Waals surface area contributed by atoms with Gasteiger partial charge in [-0.1, -0.05) is 120 Å². The number of rotatable bonds is 28. The number of carbonyl (C=O) groups excluding carboxylic acids is 5. The number of nitrogens with zero attached hydrogens (tertiary/aromatic N) is 1. The Labute approximate surface area is 342 Å². The monoisotopic (exact) mass is 790 g/mol. The molecule has 1 heterocycles. The first-order valence-electron chi connectivity index (χ1n) is 21.3. The maximum atomic E-state index is 14.1. The van der Waals surface area contributed by atoms with Gasteiger partial charge < -0.3 is 30.9 Å². The number of ether oxygens (including phenoxy) is 1. The molecule has 0 aromatic heterocycles. The zero-order chi connectivity index (χ0) is 41.8. The Morgan fingerprint density at radius 1 is 0.632 bits per heavy atom. The van der Waals surface area contributed by atoms with Gasteiger partial charge in [0.15, 0.2) is 5.78 Å². The molecule has 0 saturated carbocycles. The molecule has 0 radical (unpaired) electrons. The third-order valence-corrected chi connectivity index (χ3v) is 10.4. The van der Waals surface area contributed by atoms with Gasteiger partial charge >= 0.3 is 0 Å². The van der Waals surface area contributed by atoms with E-state index >= 15 is 0 Å². The van der Waals surface area contributed by atoms with E-state index in [4.69, 9.17) is 4.74 Å². The predicted octanol–water partition coefficient (Wildman–Crippen LogP) is 5.93. The molecule has 57 heavy (non-hydrogen) atoms. The fraction of sp³-hybridized carbons (Fsp3) is 0.630. The summed E-state index contributed by atoms with van der Waals surface area (Å²) in [7, 11) is 4.18. The quantitative estimate of drug-likeness (QED) is 0.0617. The first-order chi connectivity index (χ1) is 27.2. The highest BCUT2D eigenvalue weighted by molar-refractivity contribution is 5.98. The molecule has 0 aliphatic carbocycles. The lowest BCUT2D eigenvalue weighted by Gasteiger charge is -2.28. The minimum Gasteiger partial charge on any atom is -0.361 e. The van der Waals surface area contributed by atoms with Gasteiger partial charge in [0, 0.05) is 12.8 Å². The minimum atomic E-state index is -1.02. The van der Waals surface area contributed by atoms with E-state index in [-0.39, 0.29) is 29.9 Å². The first-order valence-corrected chi connectivity index (χ1v) is 21.3. The van der Waals surface area contributed by atoms with Crippen LogP contribution in [0.4, 0.5) is 0 Å². The number of epoxide rings is 1. The summed E-state index contributed by atoms with van der Waals surface area (Å²) < 4.78 is 5.42. The second-order valence-electron chi connectivity index (χ2n) is 17.2. The van der Waals surface area contributed by atoms with Gasteiger partial charge in [-0.15, -0.1) is 0 Å². The van der Waals surface area contributed by atoms with Crippen LogP contribution in [0, 0.1) is 11.8 Å². The molecular formula is C46H71N5O6. The van der Waals surface area contributed by atoms with E-state index in [0.29, 0.717) is 38.7 Å². The Bertz CT molecular complexity index is 1530. The average Bonchev–Trinajstić information content (AvgIpc) is 3.92. The van der Waals surface area contributed by atoms with Gasteiger partial charge in [-0.3, -0.25) is 24.0 Å². The standard InChI is InChI=1S/C46H71N5O6/c1-33(2)29-38(42(53)46(5)32-57-46)48-45(56)40(31-36-23-17-14-18-24-36)50-44(55)39(30-34(3)4)49-43(54)37(27-26-35-21-15-13-16-22-35)47-41(52)25-19-11-9-8-10-12-20-28-51(6)7/h13-18,21-24,33-34,37-40H,8-12,19-20,25-32H2,1-7H3,(H,47,52)(H,48,56)(H,49,54)(H,50,55)/t37-,38?,39?,40-,46?/m0/s1. The summed E-state index contributed by atoms with van der Waals surface area (Å²) in [6.45, 7) is 11.0. The summed E-state index contributed by atoms with van der Waals surface area (Å²) in [5.74, 6) is -1.65. The number of Topliss-reactive ketones (excluding diaryl/α,β-unsaturated/α-hetero) is 1. The van der Waals surface area contributed by atoms with Crippen molar-refractivity contribution in [2.24, 2.45) is 11.8 Å². The van der Waals surface area contributed by atoms with Crippen LogP contribution in [0.25, 0.3) is 0 Å². The molecule has 1 aliphatic heterocycles. The largest absolute Gasteiger partial charge is 0.361 e. The lowest BCUT2D eigenvalue weighted by Crippen LogP contribution is -2.59. The molecule has 4 amide bonds. The number of hydrogen-bond acceptors (Lipinski definition) is 7. The van der Waals surface area contributed by atoms with Crippen molar-refractivity contribution in [1.82, 2.24) is 26.2 Å². The molecule has 1 fully saturated rings. The average molecular weight is 790 g/mol. The van der Waals surface area contributed by atoms with Crippen molar-refractivity contribution in [3.8, 4) is 0 Å². The SMILES string of the molecule is CC(C)CC(NC(=O)[C@H](CCc1ccccc1)NC(=O)CCCCCCCCCN(C)C)C(=O)N[C@@H](Cc1ccccc1)C(=O)NC(CC(C)C)C(=O)C1(C)CO1. The fourth-order valence-corrected chi connectivity index (χ4v) is 6.99. The van der Waals surface area contributed by atoms with Crippen LogP contribution in [0.1, 0.15) is 116 Å². The third-order valence-electron chi connectivity index (χ3n) is 10.4. The Hall–Kier alpha value is -4.09. The van der Waals surface area contributed by atoms with Crippen molar-refractivity contribution in [2.45, 2.75) is 148 Å². The molecule has 1 saturated heterocycles. The van der Waals surface area contributed by atoms with E-state index in [2.05, 4.69) is 40.3 Å². The maximum absolute atomic E-state index is 14.1. The van der Waals surface area contributed by atoms with Gasteiger partial charge in [0.05, 0.1) is 12.6 Å². The van der Waals surface area contributed by atoms with Crippen LogP contribution in [0.2, 0.25) is 0 Å². The van der Waals surface area contributed by atoms with Gasteiger partial charge in [-0.25, -0.2) is 0 Å². The van der Waals surface area contributed by atoms with Crippen molar-refractivity contribution in [1.29, 1.82) is 0 Å². The number of carbonyl (C=O) groups is 5. The van der Waals surface area contributed by atoms with Crippen LogP contribution < -0.4 is 21.3 Å². The summed E-state index contributed by atoms with van der Waals surface area (Å²) in [5, 5.41) is 11.8. The molecular weight excluding hydrogens is 719 g/mol. The highest BCUT2D eigenvalue weighted by atomic mass is 16.6. The second kappa shape index (κ2) is 24.6. The van der Waals surface area contributed by atoms with E-state index in [1.54, 1.807) is 6.92 Å². The molecule has 0 bridgehead atoms. The molecule has 1 aliphatic rings. The van der Waals surface area contributed by atoms with Crippen LogP contribution in [0.3, 0.4) is 0 Å². The Balaban J connectivity index is 1.71. The van der Waals surface area contributed by atoms with Crippen LogP contribution in [-0.4, -0.2) is 91.3 Å². The Morgan fingerprint density at radius 3 is 1.67 bits per heavy atom. The van der Waals surface area contributed by atoms with Crippen molar-refractivity contribution in [3.05, 3.63) is 71.8 Å². The van der Waals surface area contributed by atoms with E-state index in [1.807, 2.05) is 88.4 Å². The number of amides is 4. The second-order valence-corrected chi connectivity index (χ2v) is 17.2. The van der Waals surface area contributed by atoms with Crippen LogP contribution >= 0.6 is 0 Å². The molecule has 11 heteroatoms. The van der Waals surface area contributed by atoms with Gasteiger partial charge in [-0.05, 0) is 89.1 Å². The highest BCUT2D eigenvalue weighted by Gasteiger charge is 2.50. The molecule has 3 rings (SSSR count). The zero-order valence-corrected chi connectivity index (χ0v) is 35.7. The summed E-state index contributed by atoms with van der Waals surface area (Å²) in [6, 6.07) is 15.5. The van der Waals surface area contributed by atoms with Gasteiger partial charge in [0.2, 0.25) is 23.6 Å². The molecule has 316 valence electrons. The number of unbranched alkanes of at least 4 members (excludes halogenated alkanes) is 6. The topological polar surface area (TPSA) is 149 Å². The zero-order valence-electron chi connectivity index (χ0n) is 35.7. The van der Waals surface area contributed by atoms with Crippen LogP contribution in [0.5, 0.6) is 0 Å². The number of aryl methyl sites for hydroxylation is 1. The molecule has 2 aromatic rings. The number of nitrogens with one attached hydrogen (secondary N) is 4. The molecule has 0 spiro atoms. The smallest absolute Gasteiger partial charge is 0.243 e. The van der Waals surface area contributed by atoms with Crippen LogP contribution in [-0.2, 0) is 41.6 Å². The Morgan fingerprint density at radius 2 is 1.11 bits per heavy atom. The summed E-state index contributed by atoms with van der Waals surface area (Å²) in [5.41, 5.74) is 0.948. The first kappa shape index (κ1) is 47.3. The minimum absolute atomic E-state index is 0.0279. The predicted molar refractivity (Wildman–Crippen MR) is 226 cm³/mol. The lowest BCUT2D eigenvalue weighted by atomic mass is 9.93. The van der Waals surface area contributed by atoms with Crippen molar-refractivity contribution in [3.63, 3.8) is 0 Å². The van der Waals surface area contributed by atoms with Crippen molar-refractivity contribution in [2.75, 3.05) is 27.2 Å². The van der Waals surface area contributed by atoms with Crippen molar-refractivity contribution < 1.29 is 28.7 Å². The molecule has 2 aromatic carbocycles. The number of benzene rings is 2. The number of ketones is 1. The van der Waals surface area contributed by atoms with Crippen molar-refractivity contribution >= 4 is 29.4 Å². The van der Waals surface area contributed by atoms with E-state index in [9.17, 15) is 24.0 Å². The molecule has 3 unspecified atom stereocenters. The highest BCUT2D eigenvalue weighted by Crippen LogP contribution is 2.29. The van der Waals surface area contributed by atoms with Gasteiger partial charge in [0.25, 0.3) is 0 Å². The van der Waals surface area contributed by atoms with E-state index in [1.165, 1.54) is 19.3 Å². The Kier molecular flexibility index (Phi) is 20.4. The van der Waals surface area contributed by atoms with Gasteiger partial charge in [0.1, 0.15) is 23.7 Å². The summed E-state index contributed by atoms with van der Waals surface area (Å²) in [4.78, 5) is 71.0. The van der Waals surface area contributed by atoms with E-state index < -0.39 is 47.5 Å². The normalized spacial score (nSPS) is 17.1. The molecule has 11 nitrogen and oxygen atoms in total. The third kappa shape index (κ3) is 18.4.